The average Bonchev–Trinajstić information content (AvgIpc) is 2.75. The predicted molar refractivity (Wildman–Crippen MR) is 73.3 cm³/mol. The van der Waals surface area contributed by atoms with Crippen LogP contribution in [0.25, 0.3) is 0 Å². The van der Waals surface area contributed by atoms with Crippen molar-refractivity contribution in [3.8, 4) is 0 Å². The van der Waals surface area contributed by atoms with Crippen molar-refractivity contribution in [2.75, 3.05) is 17.2 Å². The van der Waals surface area contributed by atoms with Gasteiger partial charge in [-0.2, -0.15) is 0 Å². The first-order chi connectivity index (χ1) is 9.13. The summed E-state index contributed by atoms with van der Waals surface area (Å²) >= 11 is 0. The summed E-state index contributed by atoms with van der Waals surface area (Å²) in [5, 5.41) is 17.3. The lowest BCUT2D eigenvalue weighted by atomic mass is 10.1. The molecule has 7 nitrogen and oxygen atoms in total. The highest BCUT2D eigenvalue weighted by Crippen LogP contribution is 2.33. The van der Waals surface area contributed by atoms with Crippen molar-refractivity contribution in [2.24, 2.45) is 5.92 Å². The fraction of sp³-hybridized carbons (Fsp3) is 0.667. The number of hydrogen-bond donors (Lipinski definition) is 2. The van der Waals surface area contributed by atoms with E-state index in [-0.39, 0.29) is 17.5 Å². The van der Waals surface area contributed by atoms with Crippen molar-refractivity contribution in [3.05, 3.63) is 16.4 Å². The summed E-state index contributed by atoms with van der Waals surface area (Å²) in [5.41, 5.74) is -0.0662. The Morgan fingerprint density at radius 2 is 2.16 bits per heavy atom. The third-order valence-electron chi connectivity index (χ3n) is 3.53. The zero-order valence-electron chi connectivity index (χ0n) is 11.2. The molecule has 2 N–H and O–H groups in total. The van der Waals surface area contributed by atoms with Gasteiger partial charge in [-0.05, 0) is 25.7 Å². The highest BCUT2D eigenvalue weighted by atomic mass is 16.6. The minimum Gasteiger partial charge on any atom is -0.364 e. The molecule has 1 aliphatic carbocycles. The Bertz CT molecular complexity index is 465. The topological polar surface area (TPSA) is 93.0 Å². The van der Waals surface area contributed by atoms with Crippen LogP contribution in [0.3, 0.4) is 0 Å². The van der Waals surface area contributed by atoms with Gasteiger partial charge in [-0.25, -0.2) is 9.97 Å². The molecule has 19 heavy (non-hydrogen) atoms. The lowest BCUT2D eigenvalue weighted by molar-refractivity contribution is -0.383. The van der Waals surface area contributed by atoms with Gasteiger partial charge >= 0.3 is 5.69 Å². The maximum atomic E-state index is 11.2. The monoisotopic (exact) mass is 265 g/mol. The Kier molecular flexibility index (Phi) is 4.13. The van der Waals surface area contributed by atoms with Gasteiger partial charge in [0.25, 0.3) is 0 Å². The number of nitrogens with one attached hydrogen (secondary N) is 2. The van der Waals surface area contributed by atoms with Crippen LogP contribution < -0.4 is 10.6 Å². The molecule has 1 aliphatic rings. The van der Waals surface area contributed by atoms with Crippen LogP contribution in [-0.4, -0.2) is 27.5 Å². The average molecular weight is 265 g/mol. The van der Waals surface area contributed by atoms with Crippen LogP contribution in [0.2, 0.25) is 0 Å². The molecule has 0 aromatic carbocycles. The van der Waals surface area contributed by atoms with Crippen LogP contribution >= 0.6 is 0 Å². The Labute approximate surface area is 112 Å². The summed E-state index contributed by atoms with van der Waals surface area (Å²) < 4.78 is 0. The number of aromatic nitrogens is 2. The van der Waals surface area contributed by atoms with Gasteiger partial charge in [-0.1, -0.05) is 13.3 Å². The molecule has 0 aliphatic heterocycles. The van der Waals surface area contributed by atoms with Crippen molar-refractivity contribution < 1.29 is 4.92 Å². The van der Waals surface area contributed by atoms with Crippen LogP contribution in [0, 0.1) is 16.0 Å². The fourth-order valence-corrected chi connectivity index (χ4v) is 2.49. The van der Waals surface area contributed by atoms with Gasteiger partial charge in [0.15, 0.2) is 0 Å². The fourth-order valence-electron chi connectivity index (χ4n) is 2.49. The third-order valence-corrected chi connectivity index (χ3v) is 3.53. The normalized spacial score (nSPS) is 22.2. The van der Waals surface area contributed by atoms with E-state index in [0.29, 0.717) is 18.3 Å². The van der Waals surface area contributed by atoms with Gasteiger partial charge in [0, 0.05) is 12.6 Å². The second-order valence-electron chi connectivity index (χ2n) is 4.87. The van der Waals surface area contributed by atoms with Crippen LogP contribution in [0.5, 0.6) is 0 Å². The van der Waals surface area contributed by atoms with E-state index >= 15 is 0 Å². The predicted octanol–water partition coefficient (Wildman–Crippen LogP) is 2.42. The largest absolute Gasteiger partial charge is 0.364 e. The van der Waals surface area contributed by atoms with Crippen molar-refractivity contribution in [1.29, 1.82) is 0 Å². The van der Waals surface area contributed by atoms with E-state index in [9.17, 15) is 10.1 Å². The van der Waals surface area contributed by atoms with E-state index in [0.717, 1.165) is 19.3 Å². The summed E-state index contributed by atoms with van der Waals surface area (Å²) in [4.78, 5) is 18.8. The molecule has 2 rings (SSSR count). The second kappa shape index (κ2) is 5.81. The van der Waals surface area contributed by atoms with Crippen LogP contribution in [0.1, 0.15) is 33.1 Å². The second-order valence-corrected chi connectivity index (χ2v) is 4.87. The third kappa shape index (κ3) is 2.91. The number of hydrogen-bond acceptors (Lipinski definition) is 6. The van der Waals surface area contributed by atoms with Crippen molar-refractivity contribution >= 4 is 17.3 Å². The lowest BCUT2D eigenvalue weighted by Gasteiger charge is -2.18. The van der Waals surface area contributed by atoms with Gasteiger partial charge < -0.3 is 10.6 Å². The van der Waals surface area contributed by atoms with Gasteiger partial charge in [-0.15, -0.1) is 0 Å². The number of nitrogens with zero attached hydrogens (tertiary/aromatic N) is 3. The molecule has 1 heterocycles. The highest BCUT2D eigenvalue weighted by molar-refractivity contribution is 5.69. The zero-order chi connectivity index (χ0) is 13.8. The molecule has 1 aromatic heterocycles. The molecule has 2 atom stereocenters. The summed E-state index contributed by atoms with van der Waals surface area (Å²) in [6, 6.07) is 0.253. The number of anilines is 2. The first-order valence-corrected chi connectivity index (χ1v) is 6.63. The lowest BCUT2D eigenvalue weighted by Crippen LogP contribution is -2.23. The van der Waals surface area contributed by atoms with E-state index in [1.54, 1.807) is 0 Å². The first kappa shape index (κ1) is 13.5. The minimum absolute atomic E-state index is 0.0662. The van der Waals surface area contributed by atoms with Gasteiger partial charge in [-0.3, -0.25) is 10.1 Å². The van der Waals surface area contributed by atoms with Crippen LogP contribution in [-0.2, 0) is 0 Å². The first-order valence-electron chi connectivity index (χ1n) is 6.63. The molecule has 2 unspecified atom stereocenters. The maximum Gasteiger partial charge on any atom is 0.353 e. The Morgan fingerprint density at radius 3 is 2.74 bits per heavy atom. The molecule has 7 heteroatoms. The van der Waals surface area contributed by atoms with E-state index in [1.165, 1.54) is 6.33 Å². The quantitative estimate of drug-likeness (QED) is 0.627. The number of rotatable bonds is 5. The highest BCUT2D eigenvalue weighted by Gasteiger charge is 2.28. The molecular formula is C12H19N5O2. The van der Waals surface area contributed by atoms with Crippen LogP contribution in [0.4, 0.5) is 17.3 Å². The van der Waals surface area contributed by atoms with Crippen molar-refractivity contribution in [2.45, 2.75) is 39.2 Å². The molecule has 104 valence electrons. The standard InChI is InChI=1S/C12H19N5O2/c1-3-13-11-10(17(18)19)12(15-7-14-11)16-9-6-4-5-8(9)2/h7-9H,3-6H2,1-2H3,(H2,13,14,15,16). The van der Waals surface area contributed by atoms with E-state index < -0.39 is 4.92 Å². The zero-order valence-corrected chi connectivity index (χ0v) is 11.2. The molecule has 1 aromatic rings. The molecule has 1 saturated carbocycles. The van der Waals surface area contributed by atoms with Crippen molar-refractivity contribution in [1.82, 2.24) is 9.97 Å². The van der Waals surface area contributed by atoms with Crippen molar-refractivity contribution in [3.63, 3.8) is 0 Å². The molecule has 1 fully saturated rings. The summed E-state index contributed by atoms with van der Waals surface area (Å²) in [6.07, 6.45) is 4.68. The van der Waals surface area contributed by atoms with E-state index in [4.69, 9.17) is 0 Å². The van der Waals surface area contributed by atoms with Gasteiger partial charge in [0.2, 0.25) is 11.6 Å². The number of nitro groups is 1. The van der Waals surface area contributed by atoms with Gasteiger partial charge in [0.05, 0.1) is 4.92 Å². The molecule has 0 amide bonds. The molecule has 0 spiro atoms. The van der Waals surface area contributed by atoms with E-state index in [1.807, 2.05) is 6.92 Å². The van der Waals surface area contributed by atoms with Gasteiger partial charge in [0.1, 0.15) is 6.33 Å². The summed E-state index contributed by atoms with van der Waals surface area (Å²) in [5.74, 6) is 1.10. The smallest absolute Gasteiger partial charge is 0.353 e. The Morgan fingerprint density at radius 1 is 1.42 bits per heavy atom. The summed E-state index contributed by atoms with van der Waals surface area (Å²) in [6.45, 7) is 4.61. The van der Waals surface area contributed by atoms with Crippen LogP contribution in [0.15, 0.2) is 6.33 Å². The Hall–Kier alpha value is -1.92. The SMILES string of the molecule is CCNc1ncnc(NC2CCCC2C)c1[N+](=O)[O-]. The maximum absolute atomic E-state index is 11.2. The Balaban J connectivity index is 2.28. The molecule has 0 radical (unpaired) electrons. The molecular weight excluding hydrogens is 246 g/mol. The summed E-state index contributed by atoms with van der Waals surface area (Å²) in [7, 11) is 0. The van der Waals surface area contributed by atoms with E-state index in [2.05, 4.69) is 27.5 Å². The molecule has 0 saturated heterocycles. The molecule has 0 bridgehead atoms. The minimum atomic E-state index is -0.431.